The third-order valence-electron chi connectivity index (χ3n) is 1.86. The highest BCUT2D eigenvalue weighted by atomic mass is 35.5. The van der Waals surface area contributed by atoms with Crippen LogP contribution < -0.4 is 5.32 Å². The van der Waals surface area contributed by atoms with Crippen molar-refractivity contribution in [3.63, 3.8) is 0 Å². The Labute approximate surface area is 93.3 Å². The van der Waals surface area contributed by atoms with Gasteiger partial charge in [-0.05, 0) is 25.0 Å². The second kappa shape index (κ2) is 6.37. The monoisotopic (exact) mass is 228 g/mol. The van der Waals surface area contributed by atoms with Gasteiger partial charge in [-0.1, -0.05) is 11.6 Å². The fourth-order valence-corrected chi connectivity index (χ4v) is 1.26. The van der Waals surface area contributed by atoms with Crippen LogP contribution >= 0.6 is 11.6 Å². The Balaban J connectivity index is 2.40. The van der Waals surface area contributed by atoms with Crippen molar-refractivity contribution in [1.82, 2.24) is 10.3 Å². The number of halogens is 1. The molecule has 1 heterocycles. The van der Waals surface area contributed by atoms with Crippen LogP contribution in [0.3, 0.4) is 0 Å². The highest BCUT2D eigenvalue weighted by Crippen LogP contribution is 2.06. The van der Waals surface area contributed by atoms with Crippen molar-refractivity contribution in [3.05, 3.63) is 29.0 Å². The van der Waals surface area contributed by atoms with Crippen LogP contribution in [0.5, 0.6) is 0 Å². The van der Waals surface area contributed by atoms with Crippen LogP contribution in [-0.4, -0.2) is 29.1 Å². The predicted molar refractivity (Wildman–Crippen MR) is 57.9 cm³/mol. The molecule has 0 radical (unpaired) electrons. The van der Waals surface area contributed by atoms with Crippen LogP contribution in [0.25, 0.3) is 0 Å². The van der Waals surface area contributed by atoms with E-state index in [1.807, 2.05) is 0 Å². The number of carbonyl (C=O) groups is 1. The standard InChI is InChI=1S/C10H13ClN2O2/c11-9-7-8(3-5-12-9)10(15)13-4-1-2-6-14/h3,5,7,14H,1-2,4,6H2,(H,13,15). The van der Waals surface area contributed by atoms with Crippen LogP contribution in [-0.2, 0) is 0 Å². The van der Waals surface area contributed by atoms with Gasteiger partial charge in [0, 0.05) is 24.9 Å². The molecular weight excluding hydrogens is 216 g/mol. The quantitative estimate of drug-likeness (QED) is 0.589. The van der Waals surface area contributed by atoms with E-state index < -0.39 is 0 Å². The first-order valence-corrected chi connectivity index (χ1v) is 5.12. The summed E-state index contributed by atoms with van der Waals surface area (Å²) in [7, 11) is 0. The number of aliphatic hydroxyl groups excluding tert-OH is 1. The molecule has 2 N–H and O–H groups in total. The first kappa shape index (κ1) is 11.9. The van der Waals surface area contributed by atoms with E-state index in [9.17, 15) is 4.79 Å². The molecule has 0 aromatic carbocycles. The van der Waals surface area contributed by atoms with Crippen LogP contribution in [0.15, 0.2) is 18.3 Å². The predicted octanol–water partition coefficient (Wildman–Crippen LogP) is 1.24. The number of pyridine rings is 1. The average molecular weight is 229 g/mol. The molecule has 1 aromatic heterocycles. The number of amides is 1. The van der Waals surface area contributed by atoms with E-state index in [1.54, 1.807) is 6.07 Å². The molecule has 0 saturated carbocycles. The molecule has 0 unspecified atom stereocenters. The first-order chi connectivity index (χ1) is 7.24. The lowest BCUT2D eigenvalue weighted by Crippen LogP contribution is -2.24. The molecule has 15 heavy (non-hydrogen) atoms. The SMILES string of the molecule is O=C(NCCCCO)c1ccnc(Cl)c1. The molecule has 0 aliphatic heterocycles. The van der Waals surface area contributed by atoms with E-state index in [0.717, 1.165) is 6.42 Å². The minimum absolute atomic E-state index is 0.150. The van der Waals surface area contributed by atoms with Gasteiger partial charge in [0.15, 0.2) is 0 Å². The average Bonchev–Trinajstić information content (AvgIpc) is 2.24. The number of aromatic nitrogens is 1. The van der Waals surface area contributed by atoms with Crippen molar-refractivity contribution < 1.29 is 9.90 Å². The molecule has 82 valence electrons. The highest BCUT2D eigenvalue weighted by Gasteiger charge is 2.04. The number of nitrogens with zero attached hydrogens (tertiary/aromatic N) is 1. The molecule has 0 aliphatic rings. The molecule has 4 nitrogen and oxygen atoms in total. The van der Waals surface area contributed by atoms with Gasteiger partial charge in [0.2, 0.25) is 0 Å². The van der Waals surface area contributed by atoms with Crippen molar-refractivity contribution in [1.29, 1.82) is 0 Å². The number of unbranched alkanes of at least 4 members (excludes halogenated alkanes) is 1. The summed E-state index contributed by atoms with van der Waals surface area (Å²) < 4.78 is 0. The maximum absolute atomic E-state index is 11.5. The van der Waals surface area contributed by atoms with E-state index in [0.29, 0.717) is 23.7 Å². The van der Waals surface area contributed by atoms with Gasteiger partial charge < -0.3 is 10.4 Å². The van der Waals surface area contributed by atoms with Crippen LogP contribution in [0.2, 0.25) is 5.15 Å². The lowest BCUT2D eigenvalue weighted by molar-refractivity contribution is 0.0952. The van der Waals surface area contributed by atoms with Gasteiger partial charge in [-0.2, -0.15) is 0 Å². The summed E-state index contributed by atoms with van der Waals surface area (Å²) in [6.07, 6.45) is 2.95. The summed E-state index contributed by atoms with van der Waals surface area (Å²) in [6.45, 7) is 0.705. The van der Waals surface area contributed by atoms with Gasteiger partial charge in [0.05, 0.1) is 0 Å². The van der Waals surface area contributed by atoms with E-state index in [-0.39, 0.29) is 12.5 Å². The van der Waals surface area contributed by atoms with Crippen molar-refractivity contribution >= 4 is 17.5 Å². The Kier molecular flexibility index (Phi) is 5.07. The molecule has 0 spiro atoms. The molecule has 0 bridgehead atoms. The van der Waals surface area contributed by atoms with Crippen LogP contribution in [0, 0.1) is 0 Å². The molecule has 0 saturated heterocycles. The number of aliphatic hydroxyl groups is 1. The van der Waals surface area contributed by atoms with Gasteiger partial charge in [-0.15, -0.1) is 0 Å². The number of rotatable bonds is 5. The summed E-state index contributed by atoms with van der Waals surface area (Å²) >= 11 is 5.65. The van der Waals surface area contributed by atoms with E-state index in [4.69, 9.17) is 16.7 Å². The molecule has 1 amide bonds. The molecule has 5 heteroatoms. The second-order valence-electron chi connectivity index (χ2n) is 3.05. The zero-order chi connectivity index (χ0) is 11.1. The van der Waals surface area contributed by atoms with Crippen LogP contribution in [0.4, 0.5) is 0 Å². The molecule has 1 rings (SSSR count). The maximum atomic E-state index is 11.5. The summed E-state index contributed by atoms with van der Waals surface area (Å²) in [4.78, 5) is 15.3. The Morgan fingerprint density at radius 2 is 2.33 bits per heavy atom. The molecular formula is C10H13ClN2O2. The minimum atomic E-state index is -0.169. The van der Waals surface area contributed by atoms with Crippen molar-refractivity contribution in [2.24, 2.45) is 0 Å². The molecule has 0 atom stereocenters. The number of hydrogen-bond acceptors (Lipinski definition) is 3. The van der Waals surface area contributed by atoms with E-state index in [2.05, 4.69) is 10.3 Å². The Morgan fingerprint density at radius 3 is 3.00 bits per heavy atom. The zero-order valence-electron chi connectivity index (χ0n) is 8.24. The van der Waals surface area contributed by atoms with Crippen molar-refractivity contribution in [2.45, 2.75) is 12.8 Å². The smallest absolute Gasteiger partial charge is 0.251 e. The fraction of sp³-hybridized carbons (Fsp3) is 0.400. The summed E-state index contributed by atoms with van der Waals surface area (Å²) in [6, 6.07) is 3.12. The number of carbonyl (C=O) groups excluding carboxylic acids is 1. The Hall–Kier alpha value is -1.13. The lowest BCUT2D eigenvalue weighted by Gasteiger charge is -2.04. The normalized spacial score (nSPS) is 10.0. The molecule has 1 aromatic rings. The van der Waals surface area contributed by atoms with Gasteiger partial charge in [-0.3, -0.25) is 4.79 Å². The summed E-state index contributed by atoms with van der Waals surface area (Å²) in [5.74, 6) is -0.169. The largest absolute Gasteiger partial charge is 0.396 e. The van der Waals surface area contributed by atoms with Gasteiger partial charge >= 0.3 is 0 Å². The first-order valence-electron chi connectivity index (χ1n) is 4.74. The highest BCUT2D eigenvalue weighted by molar-refractivity contribution is 6.29. The summed E-state index contributed by atoms with van der Waals surface area (Å²) in [5, 5.41) is 11.6. The fourth-order valence-electron chi connectivity index (χ4n) is 1.08. The summed E-state index contributed by atoms with van der Waals surface area (Å²) in [5.41, 5.74) is 0.499. The van der Waals surface area contributed by atoms with E-state index in [1.165, 1.54) is 12.3 Å². The van der Waals surface area contributed by atoms with E-state index >= 15 is 0 Å². The van der Waals surface area contributed by atoms with Crippen molar-refractivity contribution in [2.75, 3.05) is 13.2 Å². The zero-order valence-corrected chi connectivity index (χ0v) is 9.00. The topological polar surface area (TPSA) is 62.2 Å². The minimum Gasteiger partial charge on any atom is -0.396 e. The third kappa shape index (κ3) is 4.27. The van der Waals surface area contributed by atoms with Gasteiger partial charge in [0.1, 0.15) is 5.15 Å². The maximum Gasteiger partial charge on any atom is 0.251 e. The second-order valence-corrected chi connectivity index (χ2v) is 3.44. The Morgan fingerprint density at radius 1 is 1.53 bits per heavy atom. The molecule has 0 fully saturated rings. The molecule has 0 aliphatic carbocycles. The Bertz CT molecular complexity index is 331. The van der Waals surface area contributed by atoms with Crippen LogP contribution in [0.1, 0.15) is 23.2 Å². The number of nitrogens with one attached hydrogen (secondary N) is 1. The number of hydrogen-bond donors (Lipinski definition) is 2. The lowest BCUT2D eigenvalue weighted by atomic mass is 10.2. The third-order valence-corrected chi connectivity index (χ3v) is 2.07. The van der Waals surface area contributed by atoms with Gasteiger partial charge in [-0.25, -0.2) is 4.98 Å². The van der Waals surface area contributed by atoms with Gasteiger partial charge in [0.25, 0.3) is 5.91 Å². The van der Waals surface area contributed by atoms with Crippen molar-refractivity contribution in [3.8, 4) is 0 Å².